The summed E-state index contributed by atoms with van der Waals surface area (Å²) >= 11 is 7.54. The second-order valence-electron chi connectivity index (χ2n) is 8.62. The number of carbonyl (C=O) groups is 1. The molecule has 1 fully saturated rings. The number of carbonyl (C=O) groups excluding carboxylic acids is 1. The predicted molar refractivity (Wildman–Crippen MR) is 140 cm³/mol. The zero-order valence-electron chi connectivity index (χ0n) is 19.5. The van der Waals surface area contributed by atoms with Gasteiger partial charge in [-0.05, 0) is 43.2 Å². The molecular formula is C26H25ClFN5OS. The first kappa shape index (κ1) is 23.5. The molecule has 0 bridgehead atoms. The topological polar surface area (TPSA) is 61.4 Å². The maximum atomic E-state index is 13.4. The molecule has 2 amide bonds. The van der Waals surface area contributed by atoms with E-state index in [1.165, 1.54) is 34.2 Å². The highest BCUT2D eigenvalue weighted by Crippen LogP contribution is 2.35. The second kappa shape index (κ2) is 9.79. The van der Waals surface area contributed by atoms with Crippen molar-refractivity contribution in [2.75, 3.05) is 36.4 Å². The van der Waals surface area contributed by atoms with E-state index in [1.807, 2.05) is 18.2 Å². The first-order valence-corrected chi connectivity index (χ1v) is 12.6. The van der Waals surface area contributed by atoms with Gasteiger partial charge in [-0.15, -0.1) is 11.3 Å². The van der Waals surface area contributed by atoms with Crippen molar-refractivity contribution < 1.29 is 9.18 Å². The zero-order chi connectivity index (χ0) is 24.5. The Kier molecular flexibility index (Phi) is 6.58. The summed E-state index contributed by atoms with van der Waals surface area (Å²) in [4.78, 5) is 28.9. The fourth-order valence-corrected chi connectivity index (χ4v) is 5.48. The third-order valence-electron chi connectivity index (χ3n) is 6.30. The van der Waals surface area contributed by atoms with Gasteiger partial charge >= 0.3 is 6.03 Å². The van der Waals surface area contributed by atoms with Gasteiger partial charge in [0.25, 0.3) is 0 Å². The smallest absolute Gasteiger partial charge is 0.321 e. The van der Waals surface area contributed by atoms with E-state index in [0.717, 1.165) is 21.9 Å². The third kappa shape index (κ3) is 4.94. The Morgan fingerprint density at radius 2 is 1.83 bits per heavy atom. The van der Waals surface area contributed by atoms with Crippen LogP contribution in [0.25, 0.3) is 10.2 Å². The molecule has 1 aliphatic rings. The van der Waals surface area contributed by atoms with Gasteiger partial charge in [0.2, 0.25) is 0 Å². The molecule has 1 aliphatic heterocycles. The molecule has 3 heterocycles. The predicted octanol–water partition coefficient (Wildman–Crippen LogP) is 6.05. The van der Waals surface area contributed by atoms with Crippen LogP contribution >= 0.6 is 22.9 Å². The van der Waals surface area contributed by atoms with Crippen LogP contribution in [0.4, 0.5) is 20.7 Å². The minimum absolute atomic E-state index is 0.0202. The lowest BCUT2D eigenvalue weighted by Gasteiger charge is -2.35. The van der Waals surface area contributed by atoms with Gasteiger partial charge in [0.1, 0.15) is 22.3 Å². The van der Waals surface area contributed by atoms with E-state index < -0.39 is 5.82 Å². The van der Waals surface area contributed by atoms with Crippen molar-refractivity contribution >= 4 is 50.7 Å². The van der Waals surface area contributed by atoms with Gasteiger partial charge in [0, 0.05) is 43.2 Å². The van der Waals surface area contributed by atoms with Crippen LogP contribution in [-0.4, -0.2) is 47.1 Å². The average Bonchev–Trinajstić information content (AvgIpc) is 3.15. The van der Waals surface area contributed by atoms with Gasteiger partial charge in [-0.25, -0.2) is 19.2 Å². The second-order valence-corrected chi connectivity index (χ2v) is 10.2. The number of benzene rings is 2. The van der Waals surface area contributed by atoms with Crippen LogP contribution in [0.5, 0.6) is 0 Å². The summed E-state index contributed by atoms with van der Waals surface area (Å²) in [5, 5.41) is 3.89. The van der Waals surface area contributed by atoms with Crippen LogP contribution in [-0.2, 0) is 6.42 Å². The lowest BCUT2D eigenvalue weighted by molar-refractivity contribution is 0.208. The van der Waals surface area contributed by atoms with Gasteiger partial charge < -0.3 is 15.1 Å². The van der Waals surface area contributed by atoms with Crippen molar-refractivity contribution in [1.82, 2.24) is 14.9 Å². The molecule has 0 radical (unpaired) electrons. The van der Waals surface area contributed by atoms with Crippen molar-refractivity contribution in [2.45, 2.75) is 20.3 Å². The normalized spacial score (nSPS) is 13.9. The van der Waals surface area contributed by atoms with Crippen molar-refractivity contribution in [1.29, 1.82) is 0 Å². The molecule has 4 aromatic rings. The molecular weight excluding hydrogens is 485 g/mol. The van der Waals surface area contributed by atoms with Crippen LogP contribution < -0.4 is 10.2 Å². The number of urea groups is 1. The molecule has 2 aromatic heterocycles. The Balaban J connectivity index is 1.35. The Hall–Kier alpha value is -3.23. The van der Waals surface area contributed by atoms with Gasteiger partial charge in [-0.3, -0.25) is 0 Å². The Labute approximate surface area is 212 Å². The Bertz CT molecular complexity index is 1390. The summed E-state index contributed by atoms with van der Waals surface area (Å²) in [5.74, 6) is 1.22. The van der Waals surface area contributed by atoms with Gasteiger partial charge in [-0.1, -0.05) is 41.9 Å². The number of hydrogen-bond acceptors (Lipinski definition) is 5. The van der Waals surface area contributed by atoms with Crippen molar-refractivity contribution in [3.8, 4) is 0 Å². The molecule has 35 heavy (non-hydrogen) atoms. The van der Waals surface area contributed by atoms with E-state index in [2.05, 4.69) is 36.2 Å². The first-order chi connectivity index (χ1) is 16.9. The van der Waals surface area contributed by atoms with E-state index in [0.29, 0.717) is 38.3 Å². The molecule has 1 N–H and O–H groups in total. The van der Waals surface area contributed by atoms with Gasteiger partial charge in [-0.2, -0.15) is 0 Å². The van der Waals surface area contributed by atoms with Crippen LogP contribution in [0, 0.1) is 19.7 Å². The lowest BCUT2D eigenvalue weighted by atomic mass is 10.1. The Morgan fingerprint density at radius 3 is 2.54 bits per heavy atom. The van der Waals surface area contributed by atoms with E-state index in [4.69, 9.17) is 21.6 Å². The molecule has 0 aliphatic carbocycles. The summed E-state index contributed by atoms with van der Waals surface area (Å²) < 4.78 is 13.4. The average molecular weight is 510 g/mol. The lowest BCUT2D eigenvalue weighted by Crippen LogP contribution is -2.50. The summed E-state index contributed by atoms with van der Waals surface area (Å²) in [7, 11) is 0. The van der Waals surface area contributed by atoms with Crippen LogP contribution in [0.1, 0.15) is 21.8 Å². The van der Waals surface area contributed by atoms with Crippen LogP contribution in [0.15, 0.2) is 48.5 Å². The number of hydrogen-bond donors (Lipinski definition) is 1. The summed E-state index contributed by atoms with van der Waals surface area (Å²) in [5.41, 5.74) is 2.85. The number of aromatic nitrogens is 2. The van der Waals surface area contributed by atoms with Crippen LogP contribution in [0.3, 0.4) is 0 Å². The van der Waals surface area contributed by atoms with E-state index >= 15 is 0 Å². The molecule has 0 spiro atoms. The van der Waals surface area contributed by atoms with Crippen molar-refractivity contribution in [3.05, 3.63) is 81.2 Å². The maximum Gasteiger partial charge on any atom is 0.321 e. The van der Waals surface area contributed by atoms with Gasteiger partial charge in [0.05, 0.1) is 10.4 Å². The zero-order valence-corrected chi connectivity index (χ0v) is 21.1. The van der Waals surface area contributed by atoms with Gasteiger partial charge in [0.15, 0.2) is 0 Å². The fraction of sp³-hybridized carbons (Fsp3) is 0.269. The first-order valence-electron chi connectivity index (χ1n) is 11.5. The maximum absolute atomic E-state index is 13.4. The molecule has 0 saturated carbocycles. The highest BCUT2D eigenvalue weighted by atomic mass is 35.5. The molecule has 6 nitrogen and oxygen atoms in total. The highest BCUT2D eigenvalue weighted by molar-refractivity contribution is 7.18. The molecule has 2 aromatic carbocycles. The number of rotatable bonds is 4. The number of anilines is 2. The number of aryl methyl sites for hydroxylation is 2. The number of nitrogens with one attached hydrogen (secondary N) is 1. The van der Waals surface area contributed by atoms with E-state index in [9.17, 15) is 9.18 Å². The summed E-state index contributed by atoms with van der Waals surface area (Å²) in [6.45, 7) is 6.64. The number of halogens is 2. The van der Waals surface area contributed by atoms with Crippen LogP contribution in [0.2, 0.25) is 5.02 Å². The van der Waals surface area contributed by atoms with E-state index in [1.54, 1.807) is 16.2 Å². The number of piperazine rings is 1. The SMILES string of the molecule is Cc1sc2nc(Cc3ccccc3)nc(N3CCN(C(=O)Nc4ccc(F)c(Cl)c4)CC3)c2c1C. The number of fused-ring (bicyclic) bond motifs is 1. The fourth-order valence-electron chi connectivity index (χ4n) is 4.26. The highest BCUT2D eigenvalue weighted by Gasteiger charge is 2.25. The summed E-state index contributed by atoms with van der Waals surface area (Å²) in [6, 6.07) is 14.2. The summed E-state index contributed by atoms with van der Waals surface area (Å²) in [6.07, 6.45) is 0.669. The molecule has 1 saturated heterocycles. The van der Waals surface area contributed by atoms with Crippen molar-refractivity contribution in [2.24, 2.45) is 0 Å². The quantitative estimate of drug-likeness (QED) is 0.364. The minimum atomic E-state index is -0.514. The number of nitrogens with zero attached hydrogens (tertiary/aromatic N) is 4. The third-order valence-corrected chi connectivity index (χ3v) is 7.69. The minimum Gasteiger partial charge on any atom is -0.352 e. The monoisotopic (exact) mass is 509 g/mol. The number of amides is 2. The Morgan fingerprint density at radius 1 is 1.09 bits per heavy atom. The molecule has 5 rings (SSSR count). The number of thiophene rings is 1. The molecule has 0 unspecified atom stereocenters. The largest absolute Gasteiger partial charge is 0.352 e. The standard InChI is InChI=1S/C26H25ClFN5OS/c1-16-17(2)35-25-23(16)24(30-22(31-25)14-18-6-4-3-5-7-18)32-10-12-33(13-11-32)26(34)29-19-8-9-21(28)20(27)15-19/h3-9,15H,10-14H2,1-2H3,(H,29,34). The molecule has 180 valence electrons. The van der Waals surface area contributed by atoms with E-state index in [-0.39, 0.29) is 11.1 Å². The van der Waals surface area contributed by atoms with Crippen molar-refractivity contribution in [3.63, 3.8) is 0 Å². The molecule has 9 heteroatoms. The molecule has 0 atom stereocenters.